The summed E-state index contributed by atoms with van der Waals surface area (Å²) in [4.78, 5) is 2.44. The Labute approximate surface area is 401 Å². The van der Waals surface area contributed by atoms with Crippen LogP contribution in [0.15, 0.2) is 205 Å². The SMILES string of the molecule is C1=CC2=C(CC1)Cc1ccc(-c3ccc(N(c4ccc(-c5ccc6oc7ccccc7c6c5)cc4)c4cccc5c6cccc7c8ccccc8n(c45)c76)cc3)cc12.C=CCC.CC.CCCC. The van der Waals surface area contributed by atoms with Crippen molar-refractivity contribution < 1.29 is 4.42 Å². The number of rotatable bonds is 7. The van der Waals surface area contributed by atoms with Gasteiger partial charge in [0.15, 0.2) is 0 Å². The first kappa shape index (κ1) is 44.2. The monoisotopic (exact) mass is 884 g/mol. The molecule has 3 heterocycles. The van der Waals surface area contributed by atoms with Crippen LogP contribution < -0.4 is 4.90 Å². The number of anilines is 3. The molecule has 0 atom stereocenters. The zero-order valence-corrected chi connectivity index (χ0v) is 40.2. The van der Waals surface area contributed by atoms with Gasteiger partial charge in [-0.05, 0) is 125 Å². The first-order valence-electron chi connectivity index (χ1n) is 24.8. The van der Waals surface area contributed by atoms with Gasteiger partial charge in [-0.15, -0.1) is 6.58 Å². The molecule has 0 spiro atoms. The summed E-state index contributed by atoms with van der Waals surface area (Å²) in [7, 11) is 0. The third kappa shape index (κ3) is 7.76. The zero-order chi connectivity index (χ0) is 46.7. The van der Waals surface area contributed by atoms with E-state index in [9.17, 15) is 0 Å². The van der Waals surface area contributed by atoms with Crippen molar-refractivity contribution in [1.29, 1.82) is 0 Å². The molecule has 0 unspecified atom stereocenters. The van der Waals surface area contributed by atoms with Crippen LogP contribution in [0.1, 0.15) is 77.8 Å². The highest BCUT2D eigenvalue weighted by Crippen LogP contribution is 2.47. The minimum Gasteiger partial charge on any atom is -0.456 e. The number of para-hydroxylation sites is 4. The van der Waals surface area contributed by atoms with E-state index in [2.05, 4.69) is 207 Å². The summed E-state index contributed by atoms with van der Waals surface area (Å²) in [6.07, 6.45) is 13.7. The molecule has 13 rings (SSSR count). The zero-order valence-electron chi connectivity index (χ0n) is 40.2. The Balaban J connectivity index is 0.000000498. The van der Waals surface area contributed by atoms with Gasteiger partial charge in [0.1, 0.15) is 11.2 Å². The number of unbranched alkanes of at least 4 members (excludes halogenated alkanes) is 1. The Morgan fingerprint density at radius 1 is 0.559 bits per heavy atom. The second kappa shape index (κ2) is 19.3. The molecule has 0 saturated carbocycles. The van der Waals surface area contributed by atoms with Gasteiger partial charge in [0.2, 0.25) is 0 Å². The quantitative estimate of drug-likeness (QED) is 0.149. The Morgan fingerprint density at radius 2 is 1.12 bits per heavy atom. The van der Waals surface area contributed by atoms with E-state index < -0.39 is 0 Å². The van der Waals surface area contributed by atoms with E-state index in [0.29, 0.717) is 0 Å². The van der Waals surface area contributed by atoms with Gasteiger partial charge in [-0.1, -0.05) is 180 Å². The topological polar surface area (TPSA) is 20.8 Å². The van der Waals surface area contributed by atoms with Crippen LogP contribution in [0.5, 0.6) is 0 Å². The molecule has 68 heavy (non-hydrogen) atoms. The summed E-state index contributed by atoms with van der Waals surface area (Å²) in [5.74, 6) is 0. The van der Waals surface area contributed by atoms with Crippen molar-refractivity contribution in [3.63, 3.8) is 0 Å². The van der Waals surface area contributed by atoms with E-state index in [1.165, 1.54) is 90.7 Å². The molecule has 0 amide bonds. The predicted octanol–water partition coefficient (Wildman–Crippen LogP) is 19.6. The summed E-state index contributed by atoms with van der Waals surface area (Å²) in [5.41, 5.74) is 19.6. The third-order valence-electron chi connectivity index (χ3n) is 13.6. The van der Waals surface area contributed by atoms with Gasteiger partial charge in [0.05, 0.1) is 22.2 Å². The van der Waals surface area contributed by atoms with Crippen LogP contribution in [0, 0.1) is 0 Å². The number of hydrogen-bond donors (Lipinski definition) is 0. The molecule has 0 radical (unpaired) electrons. The van der Waals surface area contributed by atoms with Crippen molar-refractivity contribution in [3.05, 3.63) is 211 Å². The summed E-state index contributed by atoms with van der Waals surface area (Å²) in [6.45, 7) is 13.9. The van der Waals surface area contributed by atoms with E-state index in [0.717, 1.165) is 63.8 Å². The molecule has 0 saturated heterocycles. The minimum atomic E-state index is 0.911. The summed E-state index contributed by atoms with van der Waals surface area (Å²) in [5, 5.41) is 7.39. The number of nitrogens with zero attached hydrogens (tertiary/aromatic N) is 2. The van der Waals surface area contributed by atoms with Gasteiger partial charge < -0.3 is 13.7 Å². The van der Waals surface area contributed by atoms with E-state index in [4.69, 9.17) is 4.42 Å². The van der Waals surface area contributed by atoms with Crippen LogP contribution >= 0.6 is 0 Å². The number of furan rings is 1. The third-order valence-corrected chi connectivity index (χ3v) is 13.6. The fourth-order valence-electron chi connectivity index (χ4n) is 10.1. The second-order valence-corrected chi connectivity index (χ2v) is 17.7. The van der Waals surface area contributed by atoms with Crippen molar-refractivity contribution in [2.45, 2.75) is 73.1 Å². The molecule has 3 aromatic heterocycles. The molecule has 2 aliphatic carbocycles. The molecule has 8 aromatic carbocycles. The Kier molecular flexibility index (Phi) is 12.6. The molecule has 0 N–H and O–H groups in total. The molecular weight excluding hydrogens is 825 g/mol. The molecule has 336 valence electrons. The number of allylic oxidation sites excluding steroid dienone is 5. The van der Waals surface area contributed by atoms with Crippen molar-refractivity contribution in [1.82, 2.24) is 4.40 Å². The van der Waals surface area contributed by atoms with Crippen molar-refractivity contribution in [3.8, 4) is 22.3 Å². The van der Waals surface area contributed by atoms with Gasteiger partial charge >= 0.3 is 0 Å². The summed E-state index contributed by atoms with van der Waals surface area (Å²) in [6, 6.07) is 62.5. The normalized spacial score (nSPS) is 12.7. The van der Waals surface area contributed by atoms with Crippen molar-refractivity contribution in [2.24, 2.45) is 0 Å². The molecule has 0 fully saturated rings. The molecule has 0 bridgehead atoms. The fourth-order valence-corrected chi connectivity index (χ4v) is 10.1. The van der Waals surface area contributed by atoms with Crippen LogP contribution in [0.3, 0.4) is 0 Å². The molecule has 0 aliphatic heterocycles. The maximum Gasteiger partial charge on any atom is 0.135 e. The summed E-state index contributed by atoms with van der Waals surface area (Å²) >= 11 is 0. The van der Waals surface area contributed by atoms with Crippen LogP contribution in [-0.4, -0.2) is 4.40 Å². The predicted molar refractivity (Wildman–Crippen MR) is 295 cm³/mol. The second-order valence-electron chi connectivity index (χ2n) is 17.7. The lowest BCUT2D eigenvalue weighted by atomic mass is 9.95. The number of hydrogen-bond acceptors (Lipinski definition) is 2. The molecule has 11 aromatic rings. The van der Waals surface area contributed by atoms with Gasteiger partial charge in [0.25, 0.3) is 0 Å². The number of fused-ring (bicyclic) bond motifs is 11. The van der Waals surface area contributed by atoms with Gasteiger partial charge in [-0.25, -0.2) is 0 Å². The lowest BCUT2D eigenvalue weighted by Gasteiger charge is -2.27. The molecule has 2 aliphatic rings. The molecule has 3 heteroatoms. The fraction of sp³-hybridized carbons (Fsp3) is 0.169. The highest BCUT2D eigenvalue weighted by atomic mass is 16.3. The van der Waals surface area contributed by atoms with Crippen molar-refractivity contribution in [2.75, 3.05) is 4.90 Å². The van der Waals surface area contributed by atoms with E-state index in [1.807, 2.05) is 32.1 Å². The average Bonchev–Trinajstić information content (AvgIpc) is 4.17. The van der Waals surface area contributed by atoms with E-state index >= 15 is 0 Å². The average molecular weight is 885 g/mol. The maximum absolute atomic E-state index is 6.16. The first-order chi connectivity index (χ1) is 33.6. The lowest BCUT2D eigenvalue weighted by Crippen LogP contribution is -2.11. The first-order valence-corrected chi connectivity index (χ1v) is 24.8. The summed E-state index contributed by atoms with van der Waals surface area (Å²) < 4.78 is 8.66. The van der Waals surface area contributed by atoms with Crippen molar-refractivity contribution >= 4 is 82.7 Å². The Morgan fingerprint density at radius 3 is 1.81 bits per heavy atom. The van der Waals surface area contributed by atoms with Crippen LogP contribution in [0.4, 0.5) is 17.1 Å². The van der Waals surface area contributed by atoms with Crippen LogP contribution in [0.25, 0.3) is 87.9 Å². The Hall–Kier alpha value is -7.62. The standard InChI is InChI=1S/C55H36N2O.C4H10.C4H8.C2H6/c1-2-10-42-38(9-1)31-39-20-19-36(32-48(39)42)34-21-26-40(27-22-34)56(41-28-23-35(24-29-41)37-25-30-53-49(33-37)44-12-4-6-18-52(44)58-53)51-17-8-15-47-46-14-7-13-45-43-11-3-5-16-50(43)57(54(45)46)55(47)51;2*1-3-4-2;1-2/h2-8,10-30,32-33H,1,9,31H2;3-4H2,1-2H3;3H,1,4H2,2H3;1-2H3. The molecular formula is C65H60N2O. The highest BCUT2D eigenvalue weighted by Gasteiger charge is 2.25. The van der Waals surface area contributed by atoms with E-state index in [1.54, 1.807) is 5.57 Å². The largest absolute Gasteiger partial charge is 0.456 e. The number of aromatic nitrogens is 1. The maximum atomic E-state index is 6.16. The smallest absolute Gasteiger partial charge is 0.135 e. The van der Waals surface area contributed by atoms with Crippen LogP contribution in [-0.2, 0) is 6.42 Å². The van der Waals surface area contributed by atoms with Crippen LogP contribution in [0.2, 0.25) is 0 Å². The number of benzene rings is 8. The van der Waals surface area contributed by atoms with E-state index in [-0.39, 0.29) is 0 Å². The Bertz CT molecular complexity index is 3630. The lowest BCUT2D eigenvalue weighted by molar-refractivity contribution is 0.669. The molecule has 3 nitrogen and oxygen atoms in total. The minimum absolute atomic E-state index is 0.911. The van der Waals surface area contributed by atoms with Gasteiger partial charge in [-0.3, -0.25) is 0 Å². The van der Waals surface area contributed by atoms with Gasteiger partial charge in [-0.2, -0.15) is 0 Å². The highest BCUT2D eigenvalue weighted by molar-refractivity contribution is 6.25. The van der Waals surface area contributed by atoms with Gasteiger partial charge in [0, 0.05) is 43.7 Å².